The molecule has 0 bridgehead atoms. The summed E-state index contributed by atoms with van der Waals surface area (Å²) in [5.41, 5.74) is 0.996. The topological polar surface area (TPSA) is 79.4 Å². The van der Waals surface area contributed by atoms with Crippen molar-refractivity contribution >= 4 is 21.6 Å². The minimum Gasteiger partial charge on any atom is -0.497 e. The van der Waals surface area contributed by atoms with E-state index in [0.717, 1.165) is 25.0 Å². The molecule has 1 amide bonds. The first-order valence-electron chi connectivity index (χ1n) is 13.4. The first-order valence-corrected chi connectivity index (χ1v) is 14.8. The molecule has 2 aliphatic heterocycles. The van der Waals surface area contributed by atoms with Gasteiger partial charge in [-0.25, -0.2) is 8.42 Å². The zero-order valence-electron chi connectivity index (χ0n) is 23.0. The summed E-state index contributed by atoms with van der Waals surface area (Å²) in [6.07, 6.45) is -2.16. The van der Waals surface area contributed by atoms with Crippen LogP contribution in [0, 0.1) is 13.8 Å². The monoisotopic (exact) mass is 583 g/mol. The molecular formula is C28H36F3N3O5S. The van der Waals surface area contributed by atoms with Crippen molar-refractivity contribution in [2.45, 2.75) is 50.2 Å². The summed E-state index contributed by atoms with van der Waals surface area (Å²) in [6, 6.07) is 8.22. The van der Waals surface area contributed by atoms with E-state index in [9.17, 15) is 26.4 Å². The second kappa shape index (κ2) is 12.4. The first-order chi connectivity index (χ1) is 18.9. The molecule has 0 aliphatic carbocycles. The predicted molar refractivity (Wildman–Crippen MR) is 145 cm³/mol. The van der Waals surface area contributed by atoms with Gasteiger partial charge in [-0.1, -0.05) is 12.5 Å². The summed E-state index contributed by atoms with van der Waals surface area (Å²) in [5, 5.41) is 0. The molecule has 2 heterocycles. The van der Waals surface area contributed by atoms with Gasteiger partial charge in [-0.15, -0.1) is 0 Å². The lowest BCUT2D eigenvalue weighted by Gasteiger charge is -2.37. The molecule has 40 heavy (non-hydrogen) atoms. The molecule has 1 atom stereocenters. The summed E-state index contributed by atoms with van der Waals surface area (Å²) < 4.78 is 79.1. The van der Waals surface area contributed by atoms with Crippen LogP contribution < -0.4 is 9.64 Å². The number of rotatable bonds is 8. The largest absolute Gasteiger partial charge is 0.497 e. The van der Waals surface area contributed by atoms with Gasteiger partial charge in [0.15, 0.2) is 0 Å². The Morgan fingerprint density at radius 1 is 1.00 bits per heavy atom. The van der Waals surface area contributed by atoms with Crippen LogP contribution >= 0.6 is 0 Å². The Bertz CT molecular complexity index is 1290. The Balaban J connectivity index is 1.32. The van der Waals surface area contributed by atoms with Gasteiger partial charge >= 0.3 is 6.18 Å². The molecule has 4 rings (SSSR count). The molecule has 0 radical (unpaired) electrons. The van der Waals surface area contributed by atoms with Crippen molar-refractivity contribution in [3.8, 4) is 5.75 Å². The van der Waals surface area contributed by atoms with E-state index in [1.807, 2.05) is 4.90 Å². The van der Waals surface area contributed by atoms with Crippen LogP contribution in [0.5, 0.6) is 5.75 Å². The molecule has 0 N–H and O–H groups in total. The molecule has 2 aliphatic rings. The number of hydrogen-bond donors (Lipinski definition) is 0. The highest BCUT2D eigenvalue weighted by atomic mass is 32.2. The molecule has 1 unspecified atom stereocenters. The number of sulfonamides is 1. The Morgan fingerprint density at radius 2 is 1.68 bits per heavy atom. The molecule has 2 aromatic carbocycles. The number of amides is 1. The number of anilines is 1. The van der Waals surface area contributed by atoms with Crippen LogP contribution in [0.15, 0.2) is 41.3 Å². The average Bonchev–Trinajstić information content (AvgIpc) is 2.92. The van der Waals surface area contributed by atoms with E-state index in [0.29, 0.717) is 61.7 Å². The van der Waals surface area contributed by atoms with Crippen LogP contribution in [-0.4, -0.2) is 82.6 Å². The lowest BCUT2D eigenvalue weighted by molar-refractivity contribution is -0.137. The summed E-state index contributed by atoms with van der Waals surface area (Å²) in [5.74, 6) is 0.373. The van der Waals surface area contributed by atoms with Crippen molar-refractivity contribution in [2.75, 3.05) is 57.9 Å². The Hall–Kier alpha value is -2.83. The van der Waals surface area contributed by atoms with Crippen molar-refractivity contribution in [1.82, 2.24) is 9.21 Å². The van der Waals surface area contributed by atoms with Crippen molar-refractivity contribution in [2.24, 2.45) is 0 Å². The number of carbonyl (C=O) groups is 1. The van der Waals surface area contributed by atoms with Crippen molar-refractivity contribution in [3.05, 3.63) is 53.1 Å². The summed E-state index contributed by atoms with van der Waals surface area (Å²) >= 11 is 0. The molecule has 0 aromatic heterocycles. The van der Waals surface area contributed by atoms with Gasteiger partial charge in [0.1, 0.15) is 12.4 Å². The van der Waals surface area contributed by atoms with Crippen molar-refractivity contribution in [1.29, 1.82) is 0 Å². The average molecular weight is 584 g/mol. The number of ether oxygens (including phenoxy) is 2. The van der Waals surface area contributed by atoms with Gasteiger partial charge in [0.05, 0.1) is 24.2 Å². The van der Waals surface area contributed by atoms with Crippen LogP contribution in [0.4, 0.5) is 18.9 Å². The van der Waals surface area contributed by atoms with Crippen molar-refractivity contribution < 1.29 is 35.9 Å². The highest BCUT2D eigenvalue weighted by Gasteiger charge is 2.36. The fraction of sp³-hybridized carbons (Fsp3) is 0.536. The van der Waals surface area contributed by atoms with E-state index in [1.165, 1.54) is 17.5 Å². The van der Waals surface area contributed by atoms with Gasteiger partial charge in [-0.3, -0.25) is 4.79 Å². The van der Waals surface area contributed by atoms with Gasteiger partial charge in [0.25, 0.3) is 0 Å². The van der Waals surface area contributed by atoms with E-state index in [-0.39, 0.29) is 30.1 Å². The van der Waals surface area contributed by atoms with E-state index in [1.54, 1.807) is 36.9 Å². The van der Waals surface area contributed by atoms with Crippen molar-refractivity contribution in [3.63, 3.8) is 0 Å². The standard InChI is InChI=1S/C28H36F3N3O5S/c1-20-15-25(38-3)16-21(2)27(20)40(36,37)34-10-5-4-8-24(34)18-39-19-26(35)33-13-11-32(12-14-33)23-9-6-7-22(17-23)28(29,30)31/h6-7,9,15-17,24H,4-5,8,10-14,18-19H2,1-3H3. The second-order valence-corrected chi connectivity index (χ2v) is 12.1. The number of hydrogen-bond acceptors (Lipinski definition) is 6. The molecule has 0 spiro atoms. The quantitative estimate of drug-likeness (QED) is 0.463. The third-order valence-corrected chi connectivity index (χ3v) is 9.77. The number of piperazine rings is 1. The fourth-order valence-corrected chi connectivity index (χ4v) is 7.57. The summed E-state index contributed by atoms with van der Waals surface area (Å²) in [4.78, 5) is 16.5. The first kappa shape index (κ1) is 30.1. The maximum atomic E-state index is 13.7. The molecule has 220 valence electrons. The zero-order chi connectivity index (χ0) is 29.1. The number of nitrogens with zero attached hydrogens (tertiary/aromatic N) is 3. The Morgan fingerprint density at radius 3 is 2.30 bits per heavy atom. The lowest BCUT2D eigenvalue weighted by Crippen LogP contribution is -2.50. The van der Waals surface area contributed by atoms with Gasteiger partial charge in [0, 0.05) is 44.5 Å². The third-order valence-electron chi connectivity index (χ3n) is 7.52. The van der Waals surface area contributed by atoms with E-state index in [4.69, 9.17) is 9.47 Å². The highest BCUT2D eigenvalue weighted by Crippen LogP contribution is 2.33. The molecule has 8 nitrogen and oxygen atoms in total. The highest BCUT2D eigenvalue weighted by molar-refractivity contribution is 7.89. The molecule has 12 heteroatoms. The van der Waals surface area contributed by atoms with Crippen LogP contribution in [0.1, 0.15) is 36.0 Å². The van der Waals surface area contributed by atoms with E-state index >= 15 is 0 Å². The fourth-order valence-electron chi connectivity index (χ4n) is 5.48. The van der Waals surface area contributed by atoms with Gasteiger partial charge in [-0.2, -0.15) is 17.5 Å². The molecule has 2 fully saturated rings. The number of aryl methyl sites for hydroxylation is 2. The number of carbonyl (C=O) groups excluding carboxylic acids is 1. The minimum absolute atomic E-state index is 0.101. The van der Waals surface area contributed by atoms with Crippen LogP contribution in [0.3, 0.4) is 0 Å². The second-order valence-electron chi connectivity index (χ2n) is 10.3. The van der Waals surface area contributed by atoms with Crippen LogP contribution in [0.2, 0.25) is 0 Å². The van der Waals surface area contributed by atoms with Gasteiger partial charge in [-0.05, 0) is 68.1 Å². The van der Waals surface area contributed by atoms with E-state index in [2.05, 4.69) is 0 Å². The van der Waals surface area contributed by atoms with Crippen LogP contribution in [0.25, 0.3) is 0 Å². The summed E-state index contributed by atoms with van der Waals surface area (Å²) in [6.45, 7) is 5.33. The smallest absolute Gasteiger partial charge is 0.416 e. The number of benzene rings is 2. The van der Waals surface area contributed by atoms with Crippen LogP contribution in [-0.2, 0) is 25.7 Å². The van der Waals surface area contributed by atoms with Gasteiger partial charge < -0.3 is 19.3 Å². The normalized spacial score (nSPS) is 19.1. The maximum absolute atomic E-state index is 13.7. The zero-order valence-corrected chi connectivity index (χ0v) is 23.9. The number of piperidine rings is 1. The summed E-state index contributed by atoms with van der Waals surface area (Å²) in [7, 11) is -2.25. The number of alkyl halides is 3. The SMILES string of the molecule is COc1cc(C)c(S(=O)(=O)N2CCCCC2COCC(=O)N2CCN(c3cccc(C(F)(F)F)c3)CC2)c(C)c1. The van der Waals surface area contributed by atoms with Gasteiger partial charge in [0.2, 0.25) is 15.9 Å². The Labute approximate surface area is 233 Å². The Kier molecular flexibility index (Phi) is 9.31. The molecule has 2 saturated heterocycles. The minimum atomic E-state index is -4.41. The van der Waals surface area contributed by atoms with E-state index < -0.39 is 21.8 Å². The number of methoxy groups -OCH3 is 1. The maximum Gasteiger partial charge on any atom is 0.416 e. The molecule has 2 aromatic rings. The molecular weight excluding hydrogens is 547 g/mol. The number of halogens is 3. The molecule has 0 saturated carbocycles. The predicted octanol–water partition coefficient (Wildman–Crippen LogP) is 4.24. The third kappa shape index (κ3) is 6.72. The lowest BCUT2D eigenvalue weighted by atomic mass is 10.1.